The van der Waals surface area contributed by atoms with Gasteiger partial charge in [0, 0.05) is 24.5 Å². The van der Waals surface area contributed by atoms with E-state index in [1.54, 1.807) is 68.0 Å². The van der Waals surface area contributed by atoms with Gasteiger partial charge in [-0.15, -0.1) is 0 Å². The summed E-state index contributed by atoms with van der Waals surface area (Å²) in [6, 6.07) is 15.5. The minimum Gasteiger partial charge on any atom is -0.497 e. The first-order valence-corrected chi connectivity index (χ1v) is 9.89. The molecule has 1 unspecified atom stereocenters. The summed E-state index contributed by atoms with van der Waals surface area (Å²) < 4.78 is 28.4. The molecular formula is C21H21N3O4S. The number of aromatic nitrogens is 1. The van der Waals surface area contributed by atoms with Crippen LogP contribution in [0.1, 0.15) is 21.5 Å². The summed E-state index contributed by atoms with van der Waals surface area (Å²) in [5, 5.41) is 2.83. The second-order valence-corrected chi connectivity index (χ2v) is 7.09. The van der Waals surface area contributed by atoms with Gasteiger partial charge in [-0.2, -0.15) is 0 Å². The van der Waals surface area contributed by atoms with Crippen molar-refractivity contribution in [3.05, 3.63) is 83.7 Å². The number of hydrogen-bond acceptors (Lipinski definition) is 4. The third kappa shape index (κ3) is 4.98. The van der Waals surface area contributed by atoms with Gasteiger partial charge in [0.15, 0.2) is 0 Å². The van der Waals surface area contributed by atoms with Crippen LogP contribution in [0, 0.1) is 6.92 Å². The fourth-order valence-corrected chi connectivity index (χ4v) is 3.45. The van der Waals surface area contributed by atoms with Crippen molar-refractivity contribution < 1.29 is 18.3 Å². The second kappa shape index (κ2) is 9.31. The smallest absolute Gasteiger partial charge is 0.266 e. The maximum absolute atomic E-state index is 12.6. The Bertz CT molecular complexity index is 1010. The van der Waals surface area contributed by atoms with Gasteiger partial charge >= 0.3 is 0 Å². The van der Waals surface area contributed by atoms with Crippen LogP contribution < -0.4 is 14.4 Å². The Labute approximate surface area is 171 Å². The SMILES string of the molecule is COc1ccc(N(c2cc(C(=O)NCc3cccnc3)ccc2C)S(=O)O)cc1. The molecule has 29 heavy (non-hydrogen) atoms. The number of nitrogens with zero attached hydrogens (tertiary/aromatic N) is 2. The van der Waals surface area contributed by atoms with Gasteiger partial charge in [-0.1, -0.05) is 12.1 Å². The number of nitrogens with one attached hydrogen (secondary N) is 1. The Hall–Kier alpha value is -3.23. The molecule has 0 radical (unpaired) electrons. The van der Waals surface area contributed by atoms with Gasteiger partial charge in [0.1, 0.15) is 5.75 Å². The maximum Gasteiger partial charge on any atom is 0.266 e. The van der Waals surface area contributed by atoms with Gasteiger partial charge in [-0.25, -0.2) is 8.51 Å². The number of carbonyl (C=O) groups is 1. The summed E-state index contributed by atoms with van der Waals surface area (Å²) in [5.74, 6) is 0.353. The predicted octanol–water partition coefficient (Wildman–Crippen LogP) is 3.60. The highest BCUT2D eigenvalue weighted by molar-refractivity contribution is 7.81. The molecule has 7 nitrogen and oxygen atoms in total. The molecule has 1 heterocycles. The topological polar surface area (TPSA) is 91.8 Å². The van der Waals surface area contributed by atoms with Gasteiger partial charge in [0.05, 0.1) is 18.5 Å². The molecule has 2 N–H and O–H groups in total. The quantitative estimate of drug-likeness (QED) is 0.580. The summed E-state index contributed by atoms with van der Waals surface area (Å²) >= 11 is -2.33. The highest BCUT2D eigenvalue weighted by Gasteiger charge is 2.19. The van der Waals surface area contributed by atoms with Gasteiger partial charge in [0.2, 0.25) is 0 Å². The first-order valence-electron chi connectivity index (χ1n) is 8.82. The molecule has 0 saturated heterocycles. The van der Waals surface area contributed by atoms with E-state index >= 15 is 0 Å². The highest BCUT2D eigenvalue weighted by atomic mass is 32.2. The van der Waals surface area contributed by atoms with E-state index in [4.69, 9.17) is 4.74 Å². The average Bonchev–Trinajstić information content (AvgIpc) is 2.74. The van der Waals surface area contributed by atoms with Crippen LogP contribution in [0.15, 0.2) is 67.0 Å². The van der Waals surface area contributed by atoms with Gasteiger partial charge in [-0.3, -0.25) is 14.3 Å². The van der Waals surface area contributed by atoms with Crippen molar-refractivity contribution in [3.63, 3.8) is 0 Å². The molecule has 0 saturated carbocycles. The number of rotatable bonds is 7. The first kappa shape index (κ1) is 20.5. The molecule has 3 aromatic rings. The molecule has 8 heteroatoms. The van der Waals surface area contributed by atoms with Crippen molar-refractivity contribution in [2.45, 2.75) is 13.5 Å². The van der Waals surface area contributed by atoms with Crippen molar-refractivity contribution in [1.29, 1.82) is 0 Å². The Balaban J connectivity index is 1.87. The first-order chi connectivity index (χ1) is 14.0. The molecule has 0 aliphatic rings. The Kier molecular flexibility index (Phi) is 6.58. The minimum atomic E-state index is -2.33. The number of pyridine rings is 1. The molecule has 150 valence electrons. The molecule has 1 aromatic heterocycles. The number of anilines is 2. The standard InChI is InChI=1S/C21H21N3O4S/c1-15-5-6-17(21(25)23-14-16-4-3-11-22-13-16)12-20(15)24(29(26)27)18-7-9-19(28-2)10-8-18/h3-13H,14H2,1-2H3,(H,23,25)(H,26,27). The minimum absolute atomic E-state index is 0.284. The van der Waals surface area contributed by atoms with Gasteiger partial charge in [0.25, 0.3) is 17.2 Å². The lowest BCUT2D eigenvalue weighted by Crippen LogP contribution is -2.24. The number of ether oxygens (including phenoxy) is 1. The summed E-state index contributed by atoms with van der Waals surface area (Å²) in [4.78, 5) is 16.6. The number of carbonyl (C=O) groups excluding carboxylic acids is 1. The third-order valence-electron chi connectivity index (χ3n) is 4.33. The maximum atomic E-state index is 12.6. The molecule has 2 aromatic carbocycles. The predicted molar refractivity (Wildman–Crippen MR) is 112 cm³/mol. The van der Waals surface area contributed by atoms with E-state index in [1.165, 1.54) is 4.31 Å². The van der Waals surface area contributed by atoms with Crippen molar-refractivity contribution in [3.8, 4) is 5.75 Å². The number of methoxy groups -OCH3 is 1. The lowest BCUT2D eigenvalue weighted by atomic mass is 10.1. The zero-order chi connectivity index (χ0) is 20.8. The van der Waals surface area contributed by atoms with E-state index in [2.05, 4.69) is 10.3 Å². The van der Waals surface area contributed by atoms with E-state index < -0.39 is 11.3 Å². The third-order valence-corrected chi connectivity index (χ3v) is 5.05. The zero-order valence-electron chi connectivity index (χ0n) is 16.0. The van der Waals surface area contributed by atoms with Crippen LogP contribution in [-0.2, 0) is 17.8 Å². The van der Waals surface area contributed by atoms with Crippen LogP contribution in [0.5, 0.6) is 5.75 Å². The second-order valence-electron chi connectivity index (χ2n) is 6.27. The number of amides is 1. The van der Waals surface area contributed by atoms with Gasteiger partial charge in [-0.05, 0) is 60.5 Å². The van der Waals surface area contributed by atoms with Crippen LogP contribution in [0.25, 0.3) is 0 Å². The molecule has 1 amide bonds. The van der Waals surface area contributed by atoms with Crippen LogP contribution in [-0.4, -0.2) is 26.8 Å². The highest BCUT2D eigenvalue weighted by Crippen LogP contribution is 2.31. The Morgan fingerprint density at radius 1 is 1.21 bits per heavy atom. The molecule has 0 aliphatic carbocycles. The van der Waals surface area contributed by atoms with E-state index in [0.717, 1.165) is 11.1 Å². The van der Waals surface area contributed by atoms with E-state index in [0.29, 0.717) is 29.2 Å². The van der Waals surface area contributed by atoms with Crippen LogP contribution >= 0.6 is 0 Å². The molecule has 0 aliphatic heterocycles. The molecule has 3 rings (SSSR count). The Morgan fingerprint density at radius 3 is 2.59 bits per heavy atom. The van der Waals surface area contributed by atoms with E-state index in [1.807, 2.05) is 13.0 Å². The summed E-state index contributed by atoms with van der Waals surface area (Å²) in [5.41, 5.74) is 2.99. The van der Waals surface area contributed by atoms with Gasteiger partial charge < -0.3 is 10.1 Å². The number of aryl methyl sites for hydroxylation is 1. The summed E-state index contributed by atoms with van der Waals surface area (Å²) in [6.07, 6.45) is 3.35. The average molecular weight is 411 g/mol. The Morgan fingerprint density at radius 2 is 1.97 bits per heavy atom. The molecule has 0 fully saturated rings. The van der Waals surface area contributed by atoms with Crippen LogP contribution in [0.4, 0.5) is 11.4 Å². The molecule has 1 atom stereocenters. The van der Waals surface area contributed by atoms with E-state index in [9.17, 15) is 13.6 Å². The zero-order valence-corrected chi connectivity index (χ0v) is 16.8. The summed E-state index contributed by atoms with van der Waals surface area (Å²) in [6.45, 7) is 2.15. The number of benzene rings is 2. The lowest BCUT2D eigenvalue weighted by molar-refractivity contribution is 0.0951. The lowest BCUT2D eigenvalue weighted by Gasteiger charge is -2.23. The van der Waals surface area contributed by atoms with Crippen molar-refractivity contribution in [2.75, 3.05) is 11.4 Å². The monoisotopic (exact) mass is 411 g/mol. The fraction of sp³-hybridized carbons (Fsp3) is 0.143. The number of hydrogen-bond donors (Lipinski definition) is 2. The van der Waals surface area contributed by atoms with Crippen LogP contribution in [0.2, 0.25) is 0 Å². The van der Waals surface area contributed by atoms with Crippen LogP contribution in [0.3, 0.4) is 0 Å². The summed E-state index contributed by atoms with van der Waals surface area (Å²) in [7, 11) is 1.55. The fourth-order valence-electron chi connectivity index (χ4n) is 2.79. The molecular weight excluding hydrogens is 390 g/mol. The van der Waals surface area contributed by atoms with Crippen molar-refractivity contribution >= 4 is 28.5 Å². The van der Waals surface area contributed by atoms with E-state index in [-0.39, 0.29) is 5.91 Å². The molecule has 0 bridgehead atoms. The largest absolute Gasteiger partial charge is 0.497 e. The molecule has 0 spiro atoms. The van der Waals surface area contributed by atoms with Crippen molar-refractivity contribution in [1.82, 2.24) is 10.3 Å². The van der Waals surface area contributed by atoms with Crippen molar-refractivity contribution in [2.24, 2.45) is 0 Å². The normalized spacial score (nSPS) is 11.6.